The number of halogens is 1. The minimum absolute atomic E-state index is 0.605. The van der Waals surface area contributed by atoms with E-state index in [2.05, 4.69) is 24.3 Å². The lowest BCUT2D eigenvalue weighted by atomic mass is 10.0. The second-order valence-electron chi connectivity index (χ2n) is 3.96. The summed E-state index contributed by atoms with van der Waals surface area (Å²) in [5.41, 5.74) is 1.25. The lowest BCUT2D eigenvalue weighted by Gasteiger charge is -2.06. The van der Waals surface area contributed by atoms with Crippen LogP contribution >= 0.6 is 0 Å². The molecular weight excluding hydrogens is 187 g/mol. The molecule has 1 heteroatoms. The van der Waals surface area contributed by atoms with Gasteiger partial charge in [0.15, 0.2) is 0 Å². The molecule has 0 heterocycles. The summed E-state index contributed by atoms with van der Waals surface area (Å²) in [7, 11) is 0. The van der Waals surface area contributed by atoms with Gasteiger partial charge in [0, 0.05) is 0 Å². The molecular formula is C14H15F. The van der Waals surface area contributed by atoms with Crippen LogP contribution in [0, 0.1) is 0 Å². The summed E-state index contributed by atoms with van der Waals surface area (Å²) in [6.45, 7) is 1.62. The number of benzene rings is 2. The van der Waals surface area contributed by atoms with Gasteiger partial charge >= 0.3 is 0 Å². The number of alkyl halides is 1. The Labute approximate surface area is 89.7 Å². The monoisotopic (exact) mass is 202 g/mol. The zero-order chi connectivity index (χ0) is 10.7. The van der Waals surface area contributed by atoms with E-state index in [1.165, 1.54) is 16.3 Å². The molecule has 0 saturated carbocycles. The van der Waals surface area contributed by atoms with Crippen LogP contribution in [0.4, 0.5) is 4.39 Å². The van der Waals surface area contributed by atoms with E-state index in [0.29, 0.717) is 6.42 Å². The van der Waals surface area contributed by atoms with Gasteiger partial charge in [-0.1, -0.05) is 42.5 Å². The molecule has 2 rings (SSSR count). The second kappa shape index (κ2) is 4.43. The molecule has 0 aliphatic heterocycles. The molecule has 78 valence electrons. The third-order valence-corrected chi connectivity index (χ3v) is 2.69. The van der Waals surface area contributed by atoms with Gasteiger partial charge in [-0.15, -0.1) is 0 Å². The molecule has 0 amide bonds. The molecule has 2 aromatic rings. The summed E-state index contributed by atoms with van der Waals surface area (Å²) in [5.74, 6) is 0. The molecule has 0 aliphatic rings. The van der Waals surface area contributed by atoms with Crippen molar-refractivity contribution in [3.63, 3.8) is 0 Å². The highest BCUT2D eigenvalue weighted by Crippen LogP contribution is 2.20. The third-order valence-electron chi connectivity index (χ3n) is 2.69. The van der Waals surface area contributed by atoms with E-state index in [4.69, 9.17) is 0 Å². The van der Waals surface area contributed by atoms with Crippen molar-refractivity contribution in [3.8, 4) is 0 Å². The zero-order valence-corrected chi connectivity index (χ0v) is 8.91. The number of hydrogen-bond donors (Lipinski definition) is 0. The summed E-state index contributed by atoms with van der Waals surface area (Å²) < 4.78 is 12.8. The Bertz CT molecular complexity index is 441. The first-order valence-corrected chi connectivity index (χ1v) is 5.38. The molecule has 0 radical (unpaired) electrons. The SMILES string of the molecule is CC(F)CCc1cccc2ccccc12. The first-order chi connectivity index (χ1) is 7.27. The van der Waals surface area contributed by atoms with Crippen molar-refractivity contribution in [2.75, 3.05) is 0 Å². The van der Waals surface area contributed by atoms with Gasteiger partial charge in [0.2, 0.25) is 0 Å². The van der Waals surface area contributed by atoms with Gasteiger partial charge < -0.3 is 0 Å². The van der Waals surface area contributed by atoms with Crippen LogP contribution in [0.25, 0.3) is 10.8 Å². The Balaban J connectivity index is 2.34. The Kier molecular flexibility index (Phi) is 3.00. The minimum Gasteiger partial charge on any atom is -0.248 e. The number of hydrogen-bond acceptors (Lipinski definition) is 0. The largest absolute Gasteiger partial charge is 0.248 e. The van der Waals surface area contributed by atoms with Gasteiger partial charge in [-0.3, -0.25) is 0 Å². The van der Waals surface area contributed by atoms with Crippen molar-refractivity contribution >= 4 is 10.8 Å². The molecule has 0 aliphatic carbocycles. The fourth-order valence-electron chi connectivity index (χ4n) is 1.86. The van der Waals surface area contributed by atoms with Crippen molar-refractivity contribution in [2.45, 2.75) is 25.9 Å². The van der Waals surface area contributed by atoms with Crippen LogP contribution in [0.1, 0.15) is 18.9 Å². The summed E-state index contributed by atoms with van der Waals surface area (Å²) in [4.78, 5) is 0. The van der Waals surface area contributed by atoms with Gasteiger partial charge in [-0.2, -0.15) is 0 Å². The Morgan fingerprint density at radius 3 is 2.60 bits per heavy atom. The van der Waals surface area contributed by atoms with Crippen molar-refractivity contribution < 1.29 is 4.39 Å². The first-order valence-electron chi connectivity index (χ1n) is 5.38. The van der Waals surface area contributed by atoms with Crippen LogP contribution in [-0.2, 0) is 6.42 Å². The maximum Gasteiger partial charge on any atom is 0.0976 e. The van der Waals surface area contributed by atoms with Crippen LogP contribution < -0.4 is 0 Å². The van der Waals surface area contributed by atoms with E-state index in [-0.39, 0.29) is 0 Å². The molecule has 0 N–H and O–H groups in total. The third kappa shape index (κ3) is 2.35. The average Bonchev–Trinajstić information content (AvgIpc) is 2.26. The van der Waals surface area contributed by atoms with E-state index in [9.17, 15) is 4.39 Å². The van der Waals surface area contributed by atoms with Gasteiger partial charge in [0.25, 0.3) is 0 Å². The van der Waals surface area contributed by atoms with E-state index in [1.54, 1.807) is 6.92 Å². The second-order valence-corrected chi connectivity index (χ2v) is 3.96. The Morgan fingerprint density at radius 1 is 1.07 bits per heavy atom. The predicted molar refractivity (Wildman–Crippen MR) is 62.8 cm³/mol. The molecule has 0 spiro atoms. The molecule has 1 unspecified atom stereocenters. The zero-order valence-electron chi connectivity index (χ0n) is 8.91. The van der Waals surface area contributed by atoms with Crippen molar-refractivity contribution in [1.82, 2.24) is 0 Å². The van der Waals surface area contributed by atoms with Gasteiger partial charge in [0.05, 0.1) is 6.17 Å². The smallest absolute Gasteiger partial charge is 0.0976 e. The normalized spacial score (nSPS) is 12.9. The molecule has 0 bridgehead atoms. The van der Waals surface area contributed by atoms with Crippen LogP contribution in [0.15, 0.2) is 42.5 Å². The molecule has 0 nitrogen and oxygen atoms in total. The summed E-state index contributed by atoms with van der Waals surface area (Å²) in [6, 6.07) is 14.5. The maximum absolute atomic E-state index is 12.8. The predicted octanol–water partition coefficient (Wildman–Crippen LogP) is 4.13. The fraction of sp³-hybridized carbons (Fsp3) is 0.286. The summed E-state index contributed by atoms with van der Waals surface area (Å²) in [5, 5.41) is 2.49. The minimum atomic E-state index is -0.719. The van der Waals surface area contributed by atoms with E-state index in [1.807, 2.05) is 18.2 Å². The van der Waals surface area contributed by atoms with Crippen LogP contribution in [0.5, 0.6) is 0 Å². The summed E-state index contributed by atoms with van der Waals surface area (Å²) in [6.07, 6.45) is 0.705. The van der Waals surface area contributed by atoms with E-state index < -0.39 is 6.17 Å². The quantitative estimate of drug-likeness (QED) is 0.702. The maximum atomic E-state index is 12.8. The molecule has 0 saturated heterocycles. The molecule has 0 aromatic heterocycles. The van der Waals surface area contributed by atoms with Crippen LogP contribution in [0.3, 0.4) is 0 Å². The topological polar surface area (TPSA) is 0 Å². The van der Waals surface area contributed by atoms with Crippen LogP contribution in [0.2, 0.25) is 0 Å². The molecule has 2 aromatic carbocycles. The number of rotatable bonds is 3. The van der Waals surface area contributed by atoms with Gasteiger partial charge in [0.1, 0.15) is 0 Å². The van der Waals surface area contributed by atoms with E-state index >= 15 is 0 Å². The lowest BCUT2D eigenvalue weighted by molar-refractivity contribution is 0.342. The van der Waals surface area contributed by atoms with Crippen LogP contribution in [-0.4, -0.2) is 6.17 Å². The highest BCUT2D eigenvalue weighted by Gasteiger charge is 2.02. The van der Waals surface area contributed by atoms with Gasteiger partial charge in [-0.05, 0) is 36.1 Å². The number of fused-ring (bicyclic) bond motifs is 1. The first kappa shape index (κ1) is 10.2. The lowest BCUT2D eigenvalue weighted by Crippen LogP contribution is -1.96. The van der Waals surface area contributed by atoms with E-state index in [0.717, 1.165) is 6.42 Å². The Morgan fingerprint density at radius 2 is 1.80 bits per heavy atom. The average molecular weight is 202 g/mol. The van der Waals surface area contributed by atoms with Crippen molar-refractivity contribution in [1.29, 1.82) is 0 Å². The fourth-order valence-corrected chi connectivity index (χ4v) is 1.86. The molecule has 1 atom stereocenters. The van der Waals surface area contributed by atoms with Gasteiger partial charge in [-0.25, -0.2) is 4.39 Å². The highest BCUT2D eigenvalue weighted by atomic mass is 19.1. The number of aryl methyl sites for hydroxylation is 1. The molecule has 0 fully saturated rings. The molecule has 15 heavy (non-hydrogen) atoms. The van der Waals surface area contributed by atoms with Crippen molar-refractivity contribution in [3.05, 3.63) is 48.0 Å². The summed E-state index contributed by atoms with van der Waals surface area (Å²) >= 11 is 0. The van der Waals surface area contributed by atoms with Crippen molar-refractivity contribution in [2.24, 2.45) is 0 Å². The Hall–Kier alpha value is -1.37. The highest BCUT2D eigenvalue weighted by molar-refractivity contribution is 5.85. The standard InChI is InChI=1S/C14H15F/c1-11(15)9-10-13-7-4-6-12-5-2-3-8-14(12)13/h2-8,11H,9-10H2,1H3.